The molecule has 0 radical (unpaired) electrons. The van der Waals surface area contributed by atoms with Gasteiger partial charge in [0.25, 0.3) is 5.91 Å². The molecule has 1 N–H and O–H groups in total. The first-order valence-electron chi connectivity index (χ1n) is 6.55. The number of aryl methyl sites for hydroxylation is 1. The van der Waals surface area contributed by atoms with E-state index < -0.39 is 12.1 Å². The van der Waals surface area contributed by atoms with Gasteiger partial charge < -0.3 is 14.8 Å². The Bertz CT molecular complexity index is 459. The Morgan fingerprint density at radius 3 is 2.65 bits per heavy atom. The predicted octanol–water partition coefficient (Wildman–Crippen LogP) is 1.23. The van der Waals surface area contributed by atoms with Crippen LogP contribution in [0, 0.1) is 6.92 Å². The monoisotopic (exact) mass is 279 g/mol. The van der Waals surface area contributed by atoms with Crippen LogP contribution in [0.3, 0.4) is 0 Å². The van der Waals surface area contributed by atoms with E-state index in [1.807, 2.05) is 31.2 Å². The maximum absolute atomic E-state index is 11.8. The lowest BCUT2D eigenvalue weighted by Gasteiger charge is -2.13. The van der Waals surface area contributed by atoms with E-state index in [0.29, 0.717) is 13.2 Å². The second kappa shape index (κ2) is 8.32. The average Bonchev–Trinajstić information content (AvgIpc) is 2.41. The van der Waals surface area contributed by atoms with Crippen molar-refractivity contribution in [2.45, 2.75) is 26.4 Å². The molecule has 1 atom stereocenters. The zero-order valence-corrected chi connectivity index (χ0v) is 12.1. The molecule has 0 unspecified atom stereocenters. The molecule has 0 heterocycles. The van der Waals surface area contributed by atoms with Gasteiger partial charge in [0, 0.05) is 13.7 Å². The summed E-state index contributed by atoms with van der Waals surface area (Å²) < 4.78 is 9.93. The number of rotatable bonds is 7. The smallest absolute Gasteiger partial charge is 0.311 e. The van der Waals surface area contributed by atoms with E-state index in [1.54, 1.807) is 14.0 Å². The van der Waals surface area contributed by atoms with Crippen LogP contribution in [0.25, 0.3) is 0 Å². The molecule has 0 fully saturated rings. The molecule has 0 aliphatic rings. The Morgan fingerprint density at radius 2 is 2.00 bits per heavy atom. The number of esters is 1. The van der Waals surface area contributed by atoms with E-state index in [9.17, 15) is 9.59 Å². The van der Waals surface area contributed by atoms with Gasteiger partial charge in [0.1, 0.15) is 0 Å². The molecule has 0 aliphatic heterocycles. The fraction of sp³-hybridized carbons (Fsp3) is 0.467. The summed E-state index contributed by atoms with van der Waals surface area (Å²) in [5.41, 5.74) is 1.94. The van der Waals surface area contributed by atoms with Crippen LogP contribution in [0.4, 0.5) is 0 Å². The fourth-order valence-electron chi connectivity index (χ4n) is 1.68. The van der Waals surface area contributed by atoms with Crippen LogP contribution >= 0.6 is 0 Å². The number of methoxy groups -OCH3 is 1. The summed E-state index contributed by atoms with van der Waals surface area (Å²) in [4.78, 5) is 23.4. The van der Waals surface area contributed by atoms with Crippen LogP contribution in [-0.2, 0) is 25.5 Å². The van der Waals surface area contributed by atoms with Gasteiger partial charge in [0.05, 0.1) is 13.0 Å². The number of carbonyl (C=O) groups is 2. The van der Waals surface area contributed by atoms with Gasteiger partial charge in [-0.25, -0.2) is 0 Å². The van der Waals surface area contributed by atoms with E-state index >= 15 is 0 Å². The largest absolute Gasteiger partial charge is 0.452 e. The van der Waals surface area contributed by atoms with Gasteiger partial charge in [-0.1, -0.05) is 24.3 Å². The van der Waals surface area contributed by atoms with Gasteiger partial charge in [-0.2, -0.15) is 0 Å². The summed E-state index contributed by atoms with van der Waals surface area (Å²) in [6.45, 7) is 4.31. The molecule has 1 aromatic carbocycles. The van der Waals surface area contributed by atoms with E-state index in [2.05, 4.69) is 5.32 Å². The Hall–Kier alpha value is -1.88. The second-order valence-corrected chi connectivity index (χ2v) is 4.52. The first kappa shape index (κ1) is 16.2. The van der Waals surface area contributed by atoms with E-state index in [1.165, 1.54) is 0 Å². The van der Waals surface area contributed by atoms with Crippen molar-refractivity contribution in [1.29, 1.82) is 0 Å². The van der Waals surface area contributed by atoms with Gasteiger partial charge in [0.15, 0.2) is 6.10 Å². The first-order chi connectivity index (χ1) is 9.54. The molecule has 0 bridgehead atoms. The van der Waals surface area contributed by atoms with Crippen molar-refractivity contribution in [2.75, 3.05) is 20.3 Å². The van der Waals surface area contributed by atoms with Crippen molar-refractivity contribution in [2.24, 2.45) is 0 Å². The van der Waals surface area contributed by atoms with Crippen LogP contribution in [0.2, 0.25) is 0 Å². The summed E-state index contributed by atoms with van der Waals surface area (Å²) in [5, 5.41) is 2.62. The fourth-order valence-corrected chi connectivity index (χ4v) is 1.68. The zero-order valence-electron chi connectivity index (χ0n) is 12.1. The van der Waals surface area contributed by atoms with E-state index in [0.717, 1.165) is 11.1 Å². The highest BCUT2D eigenvalue weighted by atomic mass is 16.5. The minimum atomic E-state index is -0.802. The van der Waals surface area contributed by atoms with Gasteiger partial charge in [-0.05, 0) is 25.0 Å². The molecular formula is C15H21NO4. The Balaban J connectivity index is 2.42. The highest BCUT2D eigenvalue weighted by Crippen LogP contribution is 2.09. The third-order valence-corrected chi connectivity index (χ3v) is 2.88. The molecule has 0 saturated carbocycles. The topological polar surface area (TPSA) is 64.6 Å². The summed E-state index contributed by atoms with van der Waals surface area (Å²) in [6, 6.07) is 7.59. The van der Waals surface area contributed by atoms with Crippen molar-refractivity contribution in [3.8, 4) is 0 Å². The van der Waals surface area contributed by atoms with Crippen molar-refractivity contribution >= 4 is 11.9 Å². The summed E-state index contributed by atoms with van der Waals surface area (Å²) in [7, 11) is 1.55. The number of amides is 1. The molecule has 20 heavy (non-hydrogen) atoms. The Labute approximate surface area is 119 Å². The molecule has 0 saturated heterocycles. The Morgan fingerprint density at radius 1 is 1.30 bits per heavy atom. The Kier molecular flexibility index (Phi) is 6.73. The summed E-state index contributed by atoms with van der Waals surface area (Å²) in [5.74, 6) is -0.728. The minimum Gasteiger partial charge on any atom is -0.452 e. The molecule has 0 spiro atoms. The number of carbonyl (C=O) groups excluding carboxylic acids is 2. The van der Waals surface area contributed by atoms with Crippen molar-refractivity contribution in [1.82, 2.24) is 5.32 Å². The molecule has 110 valence electrons. The zero-order chi connectivity index (χ0) is 15.0. The lowest BCUT2D eigenvalue weighted by atomic mass is 10.1. The number of ether oxygens (including phenoxy) is 2. The third-order valence-electron chi connectivity index (χ3n) is 2.88. The molecular weight excluding hydrogens is 258 g/mol. The standard InChI is InChI=1S/C15H21NO4/c1-11-6-4-5-7-13(11)10-14(17)20-12(2)15(18)16-8-9-19-3/h4-7,12H,8-10H2,1-3H3,(H,16,18)/t12-/m1/s1. The average molecular weight is 279 g/mol. The molecule has 1 aromatic rings. The highest BCUT2D eigenvalue weighted by Gasteiger charge is 2.17. The molecule has 5 heteroatoms. The van der Waals surface area contributed by atoms with Crippen LogP contribution < -0.4 is 5.32 Å². The normalized spacial score (nSPS) is 11.8. The number of hydrogen-bond acceptors (Lipinski definition) is 4. The molecule has 1 rings (SSSR count). The molecule has 0 aromatic heterocycles. The van der Waals surface area contributed by atoms with Gasteiger partial charge >= 0.3 is 5.97 Å². The van der Waals surface area contributed by atoms with E-state index in [4.69, 9.17) is 9.47 Å². The number of hydrogen-bond donors (Lipinski definition) is 1. The quantitative estimate of drug-likeness (QED) is 0.602. The summed E-state index contributed by atoms with van der Waals surface area (Å²) in [6.07, 6.45) is -0.633. The lowest BCUT2D eigenvalue weighted by molar-refractivity contribution is -0.154. The van der Waals surface area contributed by atoms with Crippen molar-refractivity contribution in [3.63, 3.8) is 0 Å². The lowest BCUT2D eigenvalue weighted by Crippen LogP contribution is -2.37. The maximum atomic E-state index is 11.8. The number of nitrogens with one attached hydrogen (secondary N) is 1. The molecule has 0 aliphatic carbocycles. The third kappa shape index (κ3) is 5.40. The van der Waals surface area contributed by atoms with Crippen LogP contribution in [0.1, 0.15) is 18.1 Å². The predicted molar refractivity (Wildman–Crippen MR) is 75.3 cm³/mol. The number of benzene rings is 1. The van der Waals surface area contributed by atoms with Gasteiger partial charge in [0.2, 0.25) is 0 Å². The first-order valence-corrected chi connectivity index (χ1v) is 6.55. The maximum Gasteiger partial charge on any atom is 0.311 e. The minimum absolute atomic E-state index is 0.169. The van der Waals surface area contributed by atoms with Crippen LogP contribution in [0.5, 0.6) is 0 Å². The van der Waals surface area contributed by atoms with Crippen LogP contribution in [0.15, 0.2) is 24.3 Å². The van der Waals surface area contributed by atoms with Gasteiger partial charge in [-0.15, -0.1) is 0 Å². The summed E-state index contributed by atoms with van der Waals surface area (Å²) >= 11 is 0. The molecule has 1 amide bonds. The van der Waals surface area contributed by atoms with E-state index in [-0.39, 0.29) is 12.3 Å². The van der Waals surface area contributed by atoms with Gasteiger partial charge in [-0.3, -0.25) is 9.59 Å². The molecule has 5 nitrogen and oxygen atoms in total. The van der Waals surface area contributed by atoms with Crippen LogP contribution in [-0.4, -0.2) is 38.2 Å². The SMILES string of the molecule is COCCNC(=O)[C@@H](C)OC(=O)Cc1ccccc1C. The highest BCUT2D eigenvalue weighted by molar-refractivity contribution is 5.83. The van der Waals surface area contributed by atoms with Crippen molar-refractivity contribution < 1.29 is 19.1 Å². The van der Waals surface area contributed by atoms with Crippen molar-refractivity contribution in [3.05, 3.63) is 35.4 Å². The second-order valence-electron chi connectivity index (χ2n) is 4.52.